The van der Waals surface area contributed by atoms with E-state index < -0.39 is 34.4 Å². The third-order valence-electron chi connectivity index (χ3n) is 3.64. The molecule has 0 fully saturated rings. The van der Waals surface area contributed by atoms with Gasteiger partial charge in [0.05, 0.1) is 4.92 Å². The lowest BCUT2D eigenvalue weighted by Crippen LogP contribution is -2.31. The molecule has 148 valence electrons. The van der Waals surface area contributed by atoms with Crippen LogP contribution in [0.3, 0.4) is 0 Å². The molecular formula is C19H19FN2O6. The third kappa shape index (κ3) is 5.76. The number of esters is 1. The molecule has 8 nitrogen and oxygen atoms in total. The predicted octanol–water partition coefficient (Wildman–Crippen LogP) is 3.30. The number of nitrogens with zero attached hydrogens (tertiary/aromatic N) is 1. The summed E-state index contributed by atoms with van der Waals surface area (Å²) < 4.78 is 23.7. The number of nitro groups is 1. The molecule has 1 N–H and O–H groups in total. The first-order chi connectivity index (χ1) is 13.2. The minimum atomic E-state index is -1.18. The van der Waals surface area contributed by atoms with Crippen LogP contribution in [-0.2, 0) is 14.3 Å². The second-order valence-corrected chi connectivity index (χ2v) is 6.16. The highest BCUT2D eigenvalue weighted by atomic mass is 19.1. The Morgan fingerprint density at radius 3 is 2.43 bits per heavy atom. The maximum atomic E-state index is 13.3. The lowest BCUT2D eigenvalue weighted by Gasteiger charge is -2.14. The highest BCUT2D eigenvalue weighted by Crippen LogP contribution is 2.22. The third-order valence-corrected chi connectivity index (χ3v) is 3.64. The van der Waals surface area contributed by atoms with E-state index in [1.54, 1.807) is 12.1 Å². The summed E-state index contributed by atoms with van der Waals surface area (Å²) in [6, 6.07) is 8.39. The van der Waals surface area contributed by atoms with E-state index in [4.69, 9.17) is 9.47 Å². The van der Waals surface area contributed by atoms with E-state index >= 15 is 0 Å². The number of amides is 1. The molecule has 0 radical (unpaired) electrons. The predicted molar refractivity (Wildman–Crippen MR) is 98.6 cm³/mol. The summed E-state index contributed by atoms with van der Waals surface area (Å²) >= 11 is 0. The van der Waals surface area contributed by atoms with Gasteiger partial charge in [0, 0.05) is 11.8 Å². The Bertz CT molecular complexity index is 895. The SMILES string of the molecule is Cc1cc(C)cc(OCC(=O)O[C@@H](C)C(=O)Nc2ccc(F)c([N+](=O)[O-])c2)c1. The number of carbonyl (C=O) groups is 2. The molecule has 0 aliphatic carbocycles. The minimum Gasteiger partial charge on any atom is -0.482 e. The number of anilines is 1. The molecule has 0 saturated carbocycles. The monoisotopic (exact) mass is 390 g/mol. The van der Waals surface area contributed by atoms with Gasteiger partial charge in [0.1, 0.15) is 5.75 Å². The zero-order valence-electron chi connectivity index (χ0n) is 15.5. The summed E-state index contributed by atoms with van der Waals surface area (Å²) in [6.07, 6.45) is -1.18. The average molecular weight is 390 g/mol. The summed E-state index contributed by atoms with van der Waals surface area (Å²) in [4.78, 5) is 33.8. The van der Waals surface area contributed by atoms with Gasteiger partial charge in [0.15, 0.2) is 12.7 Å². The molecule has 0 aliphatic heterocycles. The van der Waals surface area contributed by atoms with Crippen molar-refractivity contribution in [1.29, 1.82) is 0 Å². The molecule has 0 unspecified atom stereocenters. The zero-order chi connectivity index (χ0) is 20.8. The Labute approximate surface area is 160 Å². The summed E-state index contributed by atoms with van der Waals surface area (Å²) in [5.74, 6) is -2.00. The largest absolute Gasteiger partial charge is 0.482 e. The Morgan fingerprint density at radius 1 is 1.18 bits per heavy atom. The smallest absolute Gasteiger partial charge is 0.344 e. The molecule has 0 aliphatic rings. The Balaban J connectivity index is 1.90. The first-order valence-corrected chi connectivity index (χ1v) is 8.31. The van der Waals surface area contributed by atoms with Gasteiger partial charge in [-0.2, -0.15) is 4.39 Å². The maximum absolute atomic E-state index is 13.3. The van der Waals surface area contributed by atoms with Crippen LogP contribution in [0.15, 0.2) is 36.4 Å². The van der Waals surface area contributed by atoms with Crippen molar-refractivity contribution < 1.29 is 28.4 Å². The van der Waals surface area contributed by atoms with Gasteiger partial charge in [0.25, 0.3) is 5.91 Å². The molecular weight excluding hydrogens is 371 g/mol. The fourth-order valence-corrected chi connectivity index (χ4v) is 2.42. The first kappa shape index (κ1) is 20.8. The van der Waals surface area contributed by atoms with E-state index in [0.29, 0.717) is 5.75 Å². The van der Waals surface area contributed by atoms with Crippen LogP contribution in [0.4, 0.5) is 15.8 Å². The van der Waals surface area contributed by atoms with Crippen molar-refractivity contribution >= 4 is 23.3 Å². The summed E-state index contributed by atoms with van der Waals surface area (Å²) in [5, 5.41) is 13.1. The molecule has 2 aromatic carbocycles. The Morgan fingerprint density at radius 2 is 1.82 bits per heavy atom. The van der Waals surface area contributed by atoms with Crippen molar-refractivity contribution in [2.24, 2.45) is 0 Å². The van der Waals surface area contributed by atoms with Crippen molar-refractivity contribution in [3.8, 4) is 5.75 Å². The molecule has 9 heteroatoms. The van der Waals surface area contributed by atoms with Crippen LogP contribution >= 0.6 is 0 Å². The number of rotatable bonds is 7. The van der Waals surface area contributed by atoms with Crippen LogP contribution in [0.1, 0.15) is 18.1 Å². The van der Waals surface area contributed by atoms with E-state index in [1.807, 2.05) is 19.9 Å². The normalized spacial score (nSPS) is 11.4. The van der Waals surface area contributed by atoms with E-state index in [9.17, 15) is 24.1 Å². The number of carbonyl (C=O) groups excluding carboxylic acids is 2. The zero-order valence-corrected chi connectivity index (χ0v) is 15.5. The number of hydrogen-bond donors (Lipinski definition) is 1. The minimum absolute atomic E-state index is 0.00693. The van der Waals surface area contributed by atoms with Crippen molar-refractivity contribution in [3.05, 3.63) is 63.5 Å². The topological polar surface area (TPSA) is 108 Å². The van der Waals surface area contributed by atoms with Gasteiger partial charge >= 0.3 is 11.7 Å². The number of nitro benzene ring substituents is 1. The van der Waals surface area contributed by atoms with Crippen LogP contribution in [0.2, 0.25) is 0 Å². The lowest BCUT2D eigenvalue weighted by molar-refractivity contribution is -0.387. The number of ether oxygens (including phenoxy) is 2. The van der Waals surface area contributed by atoms with E-state index in [0.717, 1.165) is 29.3 Å². The second-order valence-electron chi connectivity index (χ2n) is 6.16. The van der Waals surface area contributed by atoms with Crippen molar-refractivity contribution in [2.45, 2.75) is 26.9 Å². The van der Waals surface area contributed by atoms with E-state index in [2.05, 4.69) is 5.32 Å². The van der Waals surface area contributed by atoms with Crippen LogP contribution in [-0.4, -0.2) is 29.5 Å². The quantitative estimate of drug-likeness (QED) is 0.441. The number of aryl methyl sites for hydroxylation is 2. The van der Waals surface area contributed by atoms with Crippen LogP contribution in [0.5, 0.6) is 5.75 Å². The fourth-order valence-electron chi connectivity index (χ4n) is 2.42. The van der Waals surface area contributed by atoms with Gasteiger partial charge in [-0.1, -0.05) is 6.07 Å². The second kappa shape index (κ2) is 8.94. The molecule has 2 rings (SSSR count). The summed E-state index contributed by atoms with van der Waals surface area (Å²) in [6.45, 7) is 4.74. The van der Waals surface area contributed by atoms with Crippen LogP contribution < -0.4 is 10.1 Å². The number of benzene rings is 2. The fraction of sp³-hybridized carbons (Fsp3) is 0.263. The van der Waals surface area contributed by atoms with Crippen molar-refractivity contribution in [3.63, 3.8) is 0 Å². The van der Waals surface area contributed by atoms with Gasteiger partial charge < -0.3 is 14.8 Å². The molecule has 0 heterocycles. The molecule has 1 atom stereocenters. The molecule has 0 bridgehead atoms. The summed E-state index contributed by atoms with van der Waals surface area (Å²) in [7, 11) is 0. The Hall–Kier alpha value is -3.49. The highest BCUT2D eigenvalue weighted by Gasteiger charge is 2.20. The molecule has 0 saturated heterocycles. The standard InChI is InChI=1S/C19H19FN2O6/c1-11-6-12(2)8-15(7-11)27-10-18(23)28-13(3)19(24)21-14-4-5-16(20)17(9-14)22(25)26/h4-9,13H,10H2,1-3H3,(H,21,24)/t13-/m0/s1. The van der Waals surface area contributed by atoms with Gasteiger partial charge in [-0.3, -0.25) is 14.9 Å². The van der Waals surface area contributed by atoms with Gasteiger partial charge in [0.2, 0.25) is 5.82 Å². The van der Waals surface area contributed by atoms with Gasteiger partial charge in [-0.15, -0.1) is 0 Å². The van der Waals surface area contributed by atoms with Gasteiger partial charge in [-0.25, -0.2) is 4.79 Å². The first-order valence-electron chi connectivity index (χ1n) is 8.31. The maximum Gasteiger partial charge on any atom is 0.344 e. The molecule has 1 amide bonds. The van der Waals surface area contributed by atoms with Crippen LogP contribution in [0.25, 0.3) is 0 Å². The number of nitrogens with one attached hydrogen (secondary N) is 1. The number of hydrogen-bond acceptors (Lipinski definition) is 6. The van der Waals surface area contributed by atoms with E-state index in [1.165, 1.54) is 6.92 Å². The molecule has 0 spiro atoms. The summed E-state index contributed by atoms with van der Waals surface area (Å²) in [5.41, 5.74) is 1.19. The highest BCUT2D eigenvalue weighted by molar-refractivity contribution is 5.95. The number of halogens is 1. The molecule has 0 aromatic heterocycles. The van der Waals surface area contributed by atoms with Crippen molar-refractivity contribution in [2.75, 3.05) is 11.9 Å². The average Bonchev–Trinajstić information content (AvgIpc) is 2.60. The molecule has 28 heavy (non-hydrogen) atoms. The lowest BCUT2D eigenvalue weighted by atomic mass is 10.1. The molecule has 2 aromatic rings. The van der Waals surface area contributed by atoms with E-state index in [-0.39, 0.29) is 12.3 Å². The van der Waals surface area contributed by atoms with Crippen molar-refractivity contribution in [1.82, 2.24) is 0 Å². The van der Waals surface area contributed by atoms with Crippen LogP contribution in [0, 0.1) is 29.8 Å². The van der Waals surface area contributed by atoms with Gasteiger partial charge in [-0.05, 0) is 56.2 Å². The Kier molecular flexibility index (Phi) is 6.64.